The number of para-hydroxylation sites is 1. The summed E-state index contributed by atoms with van der Waals surface area (Å²) in [5.74, 6) is -0.530. The third-order valence-electron chi connectivity index (χ3n) is 4.04. The van der Waals surface area contributed by atoms with Crippen LogP contribution in [0.4, 0.5) is 5.69 Å². The van der Waals surface area contributed by atoms with Gasteiger partial charge in [0.15, 0.2) is 9.84 Å². The molecule has 0 saturated carbocycles. The van der Waals surface area contributed by atoms with Gasteiger partial charge in [0, 0.05) is 5.69 Å². The SMILES string of the molecule is Cc1ccc(S(=O)(=O)C(C)C(=O)Nc2ccccc2C)cc1C. The highest BCUT2D eigenvalue weighted by Gasteiger charge is 2.30. The van der Waals surface area contributed by atoms with Crippen LogP contribution in [0.3, 0.4) is 0 Å². The summed E-state index contributed by atoms with van der Waals surface area (Å²) in [5.41, 5.74) is 3.41. The zero-order valence-electron chi connectivity index (χ0n) is 13.8. The number of nitrogens with one attached hydrogen (secondary N) is 1. The van der Waals surface area contributed by atoms with Gasteiger partial charge in [-0.15, -0.1) is 0 Å². The van der Waals surface area contributed by atoms with Gasteiger partial charge in [0.1, 0.15) is 5.25 Å². The summed E-state index contributed by atoms with van der Waals surface area (Å²) in [6.45, 7) is 7.04. The maximum absolute atomic E-state index is 12.7. The second-order valence-corrected chi connectivity index (χ2v) is 8.01. The first-order valence-corrected chi connectivity index (χ1v) is 8.96. The normalized spacial score (nSPS) is 12.7. The van der Waals surface area contributed by atoms with E-state index in [0.717, 1.165) is 16.7 Å². The molecular weight excluding hydrogens is 310 g/mol. The van der Waals surface area contributed by atoms with E-state index in [4.69, 9.17) is 0 Å². The Balaban J connectivity index is 2.27. The van der Waals surface area contributed by atoms with Gasteiger partial charge in [-0.1, -0.05) is 24.3 Å². The molecule has 2 aromatic rings. The molecular formula is C18H21NO3S. The van der Waals surface area contributed by atoms with Crippen molar-refractivity contribution < 1.29 is 13.2 Å². The van der Waals surface area contributed by atoms with E-state index < -0.39 is 21.0 Å². The Hall–Kier alpha value is -2.14. The fourth-order valence-electron chi connectivity index (χ4n) is 2.18. The van der Waals surface area contributed by atoms with Gasteiger partial charge in [-0.3, -0.25) is 4.79 Å². The minimum atomic E-state index is -3.72. The number of carbonyl (C=O) groups excluding carboxylic acids is 1. The Morgan fingerprint density at radius 1 is 0.957 bits per heavy atom. The molecule has 2 aromatic carbocycles. The highest BCUT2D eigenvalue weighted by atomic mass is 32.2. The highest BCUT2D eigenvalue weighted by molar-refractivity contribution is 7.92. The predicted molar refractivity (Wildman–Crippen MR) is 92.4 cm³/mol. The van der Waals surface area contributed by atoms with Crippen molar-refractivity contribution >= 4 is 21.4 Å². The topological polar surface area (TPSA) is 63.2 Å². The van der Waals surface area contributed by atoms with Crippen molar-refractivity contribution in [2.24, 2.45) is 0 Å². The van der Waals surface area contributed by atoms with Crippen molar-refractivity contribution in [1.82, 2.24) is 0 Å². The minimum absolute atomic E-state index is 0.174. The van der Waals surface area contributed by atoms with Gasteiger partial charge in [-0.25, -0.2) is 8.42 Å². The lowest BCUT2D eigenvalue weighted by Crippen LogP contribution is -2.32. The number of hydrogen-bond donors (Lipinski definition) is 1. The van der Waals surface area contributed by atoms with E-state index in [9.17, 15) is 13.2 Å². The standard InChI is InChI=1S/C18H21NO3S/c1-12-9-10-16(11-14(12)3)23(21,22)15(4)18(20)19-17-8-6-5-7-13(17)2/h5-11,15H,1-4H3,(H,19,20). The second kappa shape index (κ2) is 6.54. The number of aryl methyl sites for hydroxylation is 3. The van der Waals surface area contributed by atoms with Crippen molar-refractivity contribution in [3.05, 3.63) is 59.2 Å². The monoisotopic (exact) mass is 331 g/mol. The maximum Gasteiger partial charge on any atom is 0.242 e. The number of sulfone groups is 1. The molecule has 122 valence electrons. The van der Waals surface area contributed by atoms with Crippen LogP contribution >= 0.6 is 0 Å². The Labute approximate surface area is 137 Å². The number of amides is 1. The molecule has 0 heterocycles. The molecule has 4 nitrogen and oxygen atoms in total. The summed E-state index contributed by atoms with van der Waals surface area (Å²) in [4.78, 5) is 12.5. The Bertz CT molecular complexity index is 841. The van der Waals surface area contributed by atoms with Crippen LogP contribution in [0.2, 0.25) is 0 Å². The van der Waals surface area contributed by atoms with Gasteiger partial charge < -0.3 is 5.32 Å². The van der Waals surface area contributed by atoms with Crippen LogP contribution in [0.15, 0.2) is 47.4 Å². The summed E-state index contributed by atoms with van der Waals surface area (Å²) in [6.07, 6.45) is 0. The first-order chi connectivity index (χ1) is 10.7. The lowest BCUT2D eigenvalue weighted by molar-refractivity contribution is -0.115. The summed E-state index contributed by atoms with van der Waals surface area (Å²) in [7, 11) is -3.72. The van der Waals surface area contributed by atoms with E-state index in [1.54, 1.807) is 30.3 Å². The number of carbonyl (C=O) groups is 1. The van der Waals surface area contributed by atoms with E-state index >= 15 is 0 Å². The fraction of sp³-hybridized carbons (Fsp3) is 0.278. The number of hydrogen-bond acceptors (Lipinski definition) is 3. The summed E-state index contributed by atoms with van der Waals surface area (Å²) in [5, 5.41) is 1.53. The molecule has 0 radical (unpaired) electrons. The lowest BCUT2D eigenvalue weighted by Gasteiger charge is -2.15. The van der Waals surface area contributed by atoms with Crippen molar-refractivity contribution in [2.75, 3.05) is 5.32 Å². The molecule has 1 unspecified atom stereocenters. The van der Waals surface area contributed by atoms with Gasteiger partial charge >= 0.3 is 0 Å². The van der Waals surface area contributed by atoms with Crippen molar-refractivity contribution in [2.45, 2.75) is 37.8 Å². The Morgan fingerprint density at radius 3 is 2.22 bits per heavy atom. The van der Waals surface area contributed by atoms with Gasteiger partial charge in [0.2, 0.25) is 5.91 Å². The summed E-state index contributed by atoms with van der Waals surface area (Å²) >= 11 is 0. The Kier molecular flexibility index (Phi) is 4.90. The van der Waals surface area contributed by atoms with E-state index in [0.29, 0.717) is 5.69 Å². The molecule has 0 fully saturated rings. The van der Waals surface area contributed by atoms with E-state index in [-0.39, 0.29) is 4.90 Å². The predicted octanol–water partition coefficient (Wildman–Crippen LogP) is 3.41. The van der Waals surface area contributed by atoms with Gasteiger partial charge in [0.25, 0.3) is 0 Å². The molecule has 0 aliphatic rings. The van der Waals surface area contributed by atoms with Crippen LogP contribution in [0.1, 0.15) is 23.6 Å². The van der Waals surface area contributed by atoms with E-state index in [2.05, 4.69) is 5.32 Å². The molecule has 1 N–H and O–H groups in total. The molecule has 0 aliphatic carbocycles. The van der Waals surface area contributed by atoms with E-state index in [1.807, 2.05) is 32.9 Å². The molecule has 1 atom stereocenters. The third kappa shape index (κ3) is 3.62. The highest BCUT2D eigenvalue weighted by Crippen LogP contribution is 2.21. The molecule has 1 amide bonds. The zero-order chi connectivity index (χ0) is 17.2. The average Bonchev–Trinajstić information content (AvgIpc) is 2.51. The first kappa shape index (κ1) is 17.2. The minimum Gasteiger partial charge on any atom is -0.325 e. The molecule has 0 aliphatic heterocycles. The van der Waals surface area contributed by atoms with Crippen LogP contribution in [-0.4, -0.2) is 19.6 Å². The molecule has 0 saturated heterocycles. The number of benzene rings is 2. The van der Waals surface area contributed by atoms with Crippen LogP contribution in [0.25, 0.3) is 0 Å². The quantitative estimate of drug-likeness (QED) is 0.934. The van der Waals surface area contributed by atoms with Gasteiger partial charge in [0.05, 0.1) is 4.90 Å². The van der Waals surface area contributed by atoms with Crippen LogP contribution in [-0.2, 0) is 14.6 Å². The molecule has 0 spiro atoms. The van der Waals surface area contributed by atoms with Crippen LogP contribution in [0, 0.1) is 20.8 Å². The van der Waals surface area contributed by atoms with Crippen LogP contribution < -0.4 is 5.32 Å². The third-order valence-corrected chi connectivity index (χ3v) is 6.10. The molecule has 2 rings (SSSR count). The zero-order valence-corrected chi connectivity index (χ0v) is 14.6. The van der Waals surface area contributed by atoms with Crippen molar-refractivity contribution in [3.63, 3.8) is 0 Å². The second-order valence-electron chi connectivity index (χ2n) is 5.74. The van der Waals surface area contributed by atoms with Gasteiger partial charge in [-0.2, -0.15) is 0 Å². The number of anilines is 1. The fourth-order valence-corrected chi connectivity index (χ4v) is 3.53. The summed E-state index contributed by atoms with van der Waals surface area (Å²) in [6, 6.07) is 12.2. The smallest absolute Gasteiger partial charge is 0.242 e. The van der Waals surface area contributed by atoms with Gasteiger partial charge in [-0.05, 0) is 62.6 Å². The van der Waals surface area contributed by atoms with E-state index in [1.165, 1.54) is 6.92 Å². The molecule has 23 heavy (non-hydrogen) atoms. The first-order valence-electron chi connectivity index (χ1n) is 7.41. The van der Waals surface area contributed by atoms with Crippen LogP contribution in [0.5, 0.6) is 0 Å². The van der Waals surface area contributed by atoms with Crippen molar-refractivity contribution in [3.8, 4) is 0 Å². The molecule has 0 bridgehead atoms. The summed E-state index contributed by atoms with van der Waals surface area (Å²) < 4.78 is 25.3. The largest absolute Gasteiger partial charge is 0.325 e. The molecule has 5 heteroatoms. The van der Waals surface area contributed by atoms with Crippen molar-refractivity contribution in [1.29, 1.82) is 0 Å². The number of rotatable bonds is 4. The Morgan fingerprint density at radius 2 is 1.61 bits per heavy atom. The lowest BCUT2D eigenvalue weighted by atomic mass is 10.1. The maximum atomic E-state index is 12.7. The molecule has 0 aromatic heterocycles. The average molecular weight is 331 g/mol.